The van der Waals surface area contributed by atoms with Gasteiger partial charge in [-0.25, -0.2) is 9.97 Å². The molecule has 0 saturated carbocycles. The summed E-state index contributed by atoms with van der Waals surface area (Å²) in [5, 5.41) is 4.25. The van der Waals surface area contributed by atoms with Crippen molar-refractivity contribution < 1.29 is 0 Å². The zero-order valence-corrected chi connectivity index (χ0v) is 19.1. The van der Waals surface area contributed by atoms with Crippen LogP contribution in [0.2, 0.25) is 0 Å². The molecule has 0 aromatic carbocycles. The van der Waals surface area contributed by atoms with E-state index in [2.05, 4.69) is 25.3 Å². The number of aryl methyl sites for hydroxylation is 2. The van der Waals surface area contributed by atoms with Crippen molar-refractivity contribution in [3.05, 3.63) is 57.8 Å². The number of rotatable bonds is 3. The average molecular weight is 411 g/mol. The van der Waals surface area contributed by atoms with E-state index in [0.717, 1.165) is 48.3 Å². The van der Waals surface area contributed by atoms with Crippen LogP contribution in [0.25, 0.3) is 11.0 Å². The summed E-state index contributed by atoms with van der Waals surface area (Å²) in [6.45, 7) is 14.0. The number of aromatic nitrogens is 5. The van der Waals surface area contributed by atoms with Crippen LogP contribution in [-0.4, -0.2) is 37.6 Å². The molecular weight excluding hydrogens is 376 g/mol. The Labute approximate surface area is 179 Å². The molecule has 0 atom stereocenters. The Bertz CT molecular complexity index is 1010. The first-order valence-corrected chi connectivity index (χ1v) is 11.0. The van der Waals surface area contributed by atoms with Gasteiger partial charge in [-0.3, -0.25) is 19.3 Å². The Kier molecular flexibility index (Phi) is 9.05. The molecule has 4 rings (SSSR count). The molecule has 0 radical (unpaired) electrons. The summed E-state index contributed by atoms with van der Waals surface area (Å²) in [6.07, 6.45) is 7.07. The molecule has 0 amide bonds. The normalized spacial score (nSPS) is 13.8. The lowest BCUT2D eigenvalue weighted by atomic mass is 9.90. The number of hydrogen-bond donors (Lipinski definition) is 1. The maximum atomic E-state index is 13.3. The van der Waals surface area contributed by atoms with E-state index < -0.39 is 0 Å². The molecule has 0 bridgehead atoms. The quantitative estimate of drug-likeness (QED) is 0.707. The van der Waals surface area contributed by atoms with Crippen LogP contribution in [0.15, 0.2) is 29.5 Å². The van der Waals surface area contributed by atoms with Crippen LogP contribution in [0, 0.1) is 13.8 Å². The van der Waals surface area contributed by atoms with Crippen molar-refractivity contribution in [2.24, 2.45) is 0 Å². The van der Waals surface area contributed by atoms with E-state index in [9.17, 15) is 4.79 Å². The highest BCUT2D eigenvalue weighted by molar-refractivity contribution is 5.75. The summed E-state index contributed by atoms with van der Waals surface area (Å²) in [5.41, 5.74) is 3.14. The van der Waals surface area contributed by atoms with Gasteiger partial charge < -0.3 is 5.32 Å². The van der Waals surface area contributed by atoms with Gasteiger partial charge in [0.25, 0.3) is 5.56 Å². The largest absolute Gasteiger partial charge is 0.317 e. The van der Waals surface area contributed by atoms with Crippen molar-refractivity contribution in [2.75, 3.05) is 13.1 Å². The van der Waals surface area contributed by atoms with Gasteiger partial charge in [0.1, 0.15) is 11.5 Å². The lowest BCUT2D eigenvalue weighted by Gasteiger charge is -2.23. The molecule has 1 saturated heterocycles. The van der Waals surface area contributed by atoms with Gasteiger partial charge in [0.15, 0.2) is 0 Å². The summed E-state index contributed by atoms with van der Waals surface area (Å²) < 4.78 is 1.73. The second-order valence-electron chi connectivity index (χ2n) is 6.80. The fraction of sp³-hybridized carbons (Fsp3) is 0.522. The highest BCUT2D eigenvalue weighted by Gasteiger charge is 2.21. The zero-order chi connectivity index (χ0) is 22.1. The highest BCUT2D eigenvalue weighted by atomic mass is 16.1. The van der Waals surface area contributed by atoms with Crippen molar-refractivity contribution in [1.82, 2.24) is 29.8 Å². The van der Waals surface area contributed by atoms with Crippen molar-refractivity contribution in [3.8, 4) is 0 Å². The van der Waals surface area contributed by atoms with Crippen LogP contribution >= 0.6 is 0 Å². The second-order valence-corrected chi connectivity index (χ2v) is 6.80. The molecule has 30 heavy (non-hydrogen) atoms. The van der Waals surface area contributed by atoms with Crippen LogP contribution in [0.1, 0.15) is 69.2 Å². The van der Waals surface area contributed by atoms with E-state index in [-0.39, 0.29) is 11.5 Å². The standard InChI is InChI=1S/C19H22N6O.2C2H6/c1-12-17(22-8-7-21-12)11-25-18-15(10-23-13(2)24-18)9-16(19(25)26)14-3-5-20-6-4-14;2*1-2/h7-10,14,20H,3-6,11H2,1-2H3;2*1-2H3. The lowest BCUT2D eigenvalue weighted by Crippen LogP contribution is -2.32. The van der Waals surface area contributed by atoms with Crippen molar-refractivity contribution in [1.29, 1.82) is 0 Å². The summed E-state index contributed by atoms with van der Waals surface area (Å²) in [4.78, 5) is 30.9. The number of pyridine rings is 1. The Hall–Kier alpha value is -2.67. The zero-order valence-electron chi connectivity index (χ0n) is 19.1. The minimum absolute atomic E-state index is 0.0209. The van der Waals surface area contributed by atoms with E-state index in [0.29, 0.717) is 18.0 Å². The Morgan fingerprint density at radius 1 is 1.03 bits per heavy atom. The van der Waals surface area contributed by atoms with E-state index in [1.54, 1.807) is 17.0 Å². The Balaban J connectivity index is 0.000000757. The first-order valence-electron chi connectivity index (χ1n) is 11.0. The van der Waals surface area contributed by atoms with E-state index in [1.165, 1.54) is 0 Å². The Morgan fingerprint density at radius 3 is 2.37 bits per heavy atom. The summed E-state index contributed by atoms with van der Waals surface area (Å²) in [7, 11) is 0. The molecule has 3 aromatic rings. The maximum absolute atomic E-state index is 13.3. The van der Waals surface area contributed by atoms with Crippen LogP contribution < -0.4 is 10.9 Å². The number of nitrogens with zero attached hydrogens (tertiary/aromatic N) is 5. The summed E-state index contributed by atoms with van der Waals surface area (Å²) in [6, 6.07) is 1.98. The predicted molar refractivity (Wildman–Crippen MR) is 122 cm³/mol. The minimum atomic E-state index is 0.0209. The topological polar surface area (TPSA) is 85.6 Å². The third-order valence-corrected chi connectivity index (χ3v) is 5.04. The van der Waals surface area contributed by atoms with Gasteiger partial charge in [0, 0.05) is 29.5 Å². The molecule has 1 fully saturated rings. The number of fused-ring (bicyclic) bond motifs is 1. The average Bonchev–Trinajstić information content (AvgIpc) is 2.80. The highest BCUT2D eigenvalue weighted by Crippen LogP contribution is 2.25. The Morgan fingerprint density at radius 2 is 1.70 bits per heavy atom. The molecule has 1 aliphatic heterocycles. The molecule has 0 unspecified atom stereocenters. The van der Waals surface area contributed by atoms with Crippen LogP contribution in [0.5, 0.6) is 0 Å². The minimum Gasteiger partial charge on any atom is -0.317 e. The third kappa shape index (κ3) is 5.27. The molecule has 1 N–H and O–H groups in total. The SMILES string of the molecule is CC.CC.Cc1ncc2cc(C3CCNCC3)c(=O)n(Cc3nccnc3C)c2n1. The molecule has 162 valence electrons. The maximum Gasteiger partial charge on any atom is 0.256 e. The van der Waals surface area contributed by atoms with Gasteiger partial charge in [-0.1, -0.05) is 27.7 Å². The van der Waals surface area contributed by atoms with Crippen LogP contribution in [-0.2, 0) is 6.54 Å². The van der Waals surface area contributed by atoms with Gasteiger partial charge in [-0.05, 0) is 51.8 Å². The molecular formula is C23H34N6O. The summed E-state index contributed by atoms with van der Waals surface area (Å²) >= 11 is 0. The monoisotopic (exact) mass is 410 g/mol. The lowest BCUT2D eigenvalue weighted by molar-refractivity contribution is 0.456. The van der Waals surface area contributed by atoms with Gasteiger partial charge >= 0.3 is 0 Å². The van der Waals surface area contributed by atoms with Gasteiger partial charge in [0.2, 0.25) is 0 Å². The molecule has 4 heterocycles. The molecule has 3 aromatic heterocycles. The van der Waals surface area contributed by atoms with Crippen molar-refractivity contribution >= 4 is 11.0 Å². The predicted octanol–water partition coefficient (Wildman–Crippen LogP) is 3.77. The smallest absolute Gasteiger partial charge is 0.256 e. The van der Waals surface area contributed by atoms with Crippen molar-refractivity contribution in [2.45, 2.75) is 66.8 Å². The molecule has 0 spiro atoms. The molecule has 7 nitrogen and oxygen atoms in total. The third-order valence-electron chi connectivity index (χ3n) is 5.04. The van der Waals surface area contributed by atoms with Crippen LogP contribution in [0.4, 0.5) is 0 Å². The first kappa shape index (κ1) is 23.6. The summed E-state index contributed by atoms with van der Waals surface area (Å²) in [5.74, 6) is 0.916. The van der Waals surface area contributed by atoms with Crippen LogP contribution in [0.3, 0.4) is 0 Å². The van der Waals surface area contributed by atoms with E-state index in [4.69, 9.17) is 0 Å². The van der Waals surface area contributed by atoms with E-state index >= 15 is 0 Å². The molecule has 7 heteroatoms. The number of hydrogen-bond acceptors (Lipinski definition) is 6. The molecule has 0 aliphatic carbocycles. The number of nitrogens with one attached hydrogen (secondary N) is 1. The first-order chi connectivity index (χ1) is 14.6. The fourth-order valence-electron chi connectivity index (χ4n) is 3.58. The van der Waals surface area contributed by atoms with E-state index in [1.807, 2.05) is 53.8 Å². The molecule has 1 aliphatic rings. The van der Waals surface area contributed by atoms with Gasteiger partial charge in [0.05, 0.1) is 17.9 Å². The van der Waals surface area contributed by atoms with Gasteiger partial charge in [-0.2, -0.15) is 0 Å². The van der Waals surface area contributed by atoms with Crippen molar-refractivity contribution in [3.63, 3.8) is 0 Å². The number of piperidine rings is 1. The van der Waals surface area contributed by atoms with Gasteiger partial charge in [-0.15, -0.1) is 0 Å². The fourth-order valence-corrected chi connectivity index (χ4v) is 3.58. The second kappa shape index (κ2) is 11.5.